The maximum atomic E-state index is 6.10. The van der Waals surface area contributed by atoms with Crippen molar-refractivity contribution in [2.75, 3.05) is 49.6 Å². The van der Waals surface area contributed by atoms with Crippen LogP contribution in [0.5, 0.6) is 0 Å². The van der Waals surface area contributed by atoms with E-state index in [1.807, 2.05) is 0 Å². The van der Waals surface area contributed by atoms with E-state index in [-0.39, 0.29) is 5.28 Å². The molecule has 0 spiro atoms. The topological polar surface area (TPSA) is 48.4 Å². The average molecular weight is 313 g/mol. The lowest BCUT2D eigenvalue weighted by Gasteiger charge is -2.39. The minimum atomic E-state index is 0.272. The molecule has 0 amide bonds. The van der Waals surface area contributed by atoms with E-state index in [1.165, 1.54) is 0 Å². The van der Waals surface area contributed by atoms with Gasteiger partial charge in [0.1, 0.15) is 0 Å². The predicted molar refractivity (Wildman–Crippen MR) is 87.3 cm³/mol. The van der Waals surface area contributed by atoms with Crippen molar-refractivity contribution in [3.8, 4) is 0 Å². The van der Waals surface area contributed by atoms with Gasteiger partial charge in [0.2, 0.25) is 17.2 Å². The van der Waals surface area contributed by atoms with Crippen molar-refractivity contribution in [3.63, 3.8) is 0 Å². The summed E-state index contributed by atoms with van der Waals surface area (Å²) in [5.41, 5.74) is 0. The van der Waals surface area contributed by atoms with Gasteiger partial charge < -0.3 is 9.80 Å². The fourth-order valence-electron chi connectivity index (χ4n) is 2.69. The van der Waals surface area contributed by atoms with Crippen molar-refractivity contribution >= 4 is 23.5 Å². The van der Waals surface area contributed by atoms with Crippen LogP contribution in [0.4, 0.5) is 11.9 Å². The average Bonchev–Trinajstić information content (AvgIpc) is 2.48. The molecule has 1 unspecified atom stereocenters. The van der Waals surface area contributed by atoms with E-state index in [9.17, 15) is 0 Å². The Balaban J connectivity index is 2.23. The van der Waals surface area contributed by atoms with Gasteiger partial charge in [-0.25, -0.2) is 0 Å². The van der Waals surface area contributed by atoms with E-state index in [2.05, 4.69) is 57.5 Å². The number of anilines is 2. The summed E-state index contributed by atoms with van der Waals surface area (Å²) in [7, 11) is 2.17. The van der Waals surface area contributed by atoms with Crippen LogP contribution in [0.1, 0.15) is 27.2 Å². The summed E-state index contributed by atoms with van der Waals surface area (Å²) in [6.45, 7) is 11.0. The van der Waals surface area contributed by atoms with Gasteiger partial charge >= 0.3 is 0 Å². The van der Waals surface area contributed by atoms with E-state index in [0.29, 0.717) is 17.9 Å². The third kappa shape index (κ3) is 3.74. The zero-order valence-corrected chi connectivity index (χ0v) is 14.1. The normalized spacial score (nSPS) is 19.9. The van der Waals surface area contributed by atoms with Gasteiger partial charge in [-0.05, 0) is 38.9 Å². The lowest BCUT2D eigenvalue weighted by Crippen LogP contribution is -2.51. The van der Waals surface area contributed by atoms with Crippen LogP contribution in [0.2, 0.25) is 5.28 Å². The number of rotatable bonds is 5. The first-order valence-electron chi connectivity index (χ1n) is 7.70. The highest BCUT2D eigenvalue weighted by atomic mass is 35.5. The third-order valence-electron chi connectivity index (χ3n) is 4.16. The van der Waals surface area contributed by atoms with Gasteiger partial charge in [0.15, 0.2) is 0 Å². The molecule has 0 N–H and O–H groups in total. The van der Waals surface area contributed by atoms with E-state index in [1.54, 1.807) is 0 Å². The van der Waals surface area contributed by atoms with Crippen LogP contribution >= 0.6 is 11.6 Å². The highest BCUT2D eigenvalue weighted by Crippen LogP contribution is 2.20. The zero-order valence-electron chi connectivity index (χ0n) is 13.4. The Morgan fingerprint density at radius 2 is 1.86 bits per heavy atom. The molecule has 0 radical (unpaired) electrons. The molecule has 0 bridgehead atoms. The van der Waals surface area contributed by atoms with E-state index in [4.69, 9.17) is 11.6 Å². The molecule has 2 heterocycles. The molecule has 1 aromatic heterocycles. The zero-order chi connectivity index (χ0) is 15.4. The van der Waals surface area contributed by atoms with Crippen LogP contribution in [-0.4, -0.2) is 65.7 Å². The molecule has 0 aromatic carbocycles. The lowest BCUT2D eigenvalue weighted by atomic mass is 10.1. The van der Waals surface area contributed by atoms with Crippen LogP contribution in [-0.2, 0) is 0 Å². The fourth-order valence-corrected chi connectivity index (χ4v) is 2.84. The Bertz CT molecular complexity index is 465. The van der Waals surface area contributed by atoms with Gasteiger partial charge in [-0.15, -0.1) is 0 Å². The van der Waals surface area contributed by atoms with Crippen molar-refractivity contribution in [3.05, 3.63) is 5.28 Å². The number of hydrogen-bond acceptors (Lipinski definition) is 6. The fraction of sp³-hybridized carbons (Fsp3) is 0.786. The first-order valence-corrected chi connectivity index (χ1v) is 8.08. The van der Waals surface area contributed by atoms with Crippen LogP contribution in [0, 0.1) is 0 Å². The van der Waals surface area contributed by atoms with E-state index in [0.717, 1.165) is 39.1 Å². The quantitative estimate of drug-likeness (QED) is 0.827. The number of hydrogen-bond donors (Lipinski definition) is 0. The maximum Gasteiger partial charge on any atom is 0.231 e. The Morgan fingerprint density at radius 1 is 1.14 bits per heavy atom. The minimum absolute atomic E-state index is 0.272. The number of likely N-dealkylation sites (N-methyl/N-ethyl adjacent to an activating group) is 1. The molecule has 1 saturated heterocycles. The molecular formula is C14H25ClN6. The van der Waals surface area contributed by atoms with Crippen molar-refractivity contribution in [2.45, 2.75) is 33.2 Å². The van der Waals surface area contributed by atoms with Gasteiger partial charge in [0, 0.05) is 38.8 Å². The number of nitrogens with zero attached hydrogens (tertiary/aromatic N) is 6. The summed E-state index contributed by atoms with van der Waals surface area (Å²) in [5.74, 6) is 1.37. The minimum Gasteiger partial charge on any atom is -0.341 e. The molecule has 0 saturated carbocycles. The summed E-state index contributed by atoms with van der Waals surface area (Å²) in [4.78, 5) is 19.9. The maximum absolute atomic E-state index is 6.10. The number of aromatic nitrogens is 3. The largest absolute Gasteiger partial charge is 0.341 e. The molecule has 1 atom stereocenters. The molecule has 1 fully saturated rings. The second kappa shape index (κ2) is 7.22. The molecule has 118 valence electrons. The molecule has 6 nitrogen and oxygen atoms in total. The number of halogens is 1. The van der Waals surface area contributed by atoms with Crippen molar-refractivity contribution in [1.82, 2.24) is 19.9 Å². The van der Waals surface area contributed by atoms with E-state index >= 15 is 0 Å². The van der Waals surface area contributed by atoms with Gasteiger partial charge in [0.25, 0.3) is 0 Å². The summed E-state index contributed by atoms with van der Waals surface area (Å²) in [5, 5.41) is 0.272. The van der Waals surface area contributed by atoms with Gasteiger partial charge in [-0.1, -0.05) is 6.92 Å². The van der Waals surface area contributed by atoms with Crippen molar-refractivity contribution < 1.29 is 0 Å². The van der Waals surface area contributed by atoms with Crippen LogP contribution in [0.15, 0.2) is 0 Å². The lowest BCUT2D eigenvalue weighted by molar-refractivity contribution is 0.212. The Morgan fingerprint density at radius 3 is 2.48 bits per heavy atom. The molecule has 7 heteroatoms. The molecule has 2 rings (SSSR count). The first-order chi connectivity index (χ1) is 10.1. The highest BCUT2D eigenvalue weighted by molar-refractivity contribution is 6.28. The van der Waals surface area contributed by atoms with Crippen LogP contribution in [0.3, 0.4) is 0 Å². The standard InChI is InChI=1S/C14H25ClN6/c1-5-11-10-21(9-8-19(11)4)14-17-12(15)16-13(18-14)20(6-2)7-3/h11H,5-10H2,1-4H3. The van der Waals surface area contributed by atoms with Gasteiger partial charge in [-0.2, -0.15) is 15.0 Å². The highest BCUT2D eigenvalue weighted by Gasteiger charge is 2.25. The van der Waals surface area contributed by atoms with Gasteiger partial charge in [-0.3, -0.25) is 4.90 Å². The Hall–Kier alpha value is -1.14. The SMILES string of the molecule is CCC1CN(c2nc(Cl)nc(N(CC)CC)n2)CCN1C. The predicted octanol–water partition coefficient (Wildman–Crippen LogP) is 1.90. The third-order valence-corrected chi connectivity index (χ3v) is 4.33. The first kappa shape index (κ1) is 16.2. The summed E-state index contributed by atoms with van der Waals surface area (Å²) < 4.78 is 0. The van der Waals surface area contributed by atoms with Crippen LogP contribution < -0.4 is 9.80 Å². The van der Waals surface area contributed by atoms with E-state index < -0.39 is 0 Å². The Labute approximate surface area is 132 Å². The summed E-state index contributed by atoms with van der Waals surface area (Å²) in [6, 6.07) is 0.534. The number of piperazine rings is 1. The molecule has 1 aliphatic rings. The molecular weight excluding hydrogens is 288 g/mol. The Kier molecular flexibility index (Phi) is 5.58. The van der Waals surface area contributed by atoms with Crippen LogP contribution in [0.25, 0.3) is 0 Å². The summed E-state index contributed by atoms with van der Waals surface area (Å²) in [6.07, 6.45) is 1.12. The summed E-state index contributed by atoms with van der Waals surface area (Å²) >= 11 is 6.10. The monoisotopic (exact) mass is 312 g/mol. The second-order valence-corrected chi connectivity index (χ2v) is 5.70. The van der Waals surface area contributed by atoms with Gasteiger partial charge in [0.05, 0.1) is 0 Å². The smallest absolute Gasteiger partial charge is 0.231 e. The molecule has 1 aliphatic heterocycles. The second-order valence-electron chi connectivity index (χ2n) is 5.37. The molecule has 1 aromatic rings. The van der Waals surface area contributed by atoms with Crippen molar-refractivity contribution in [1.29, 1.82) is 0 Å². The van der Waals surface area contributed by atoms with Crippen molar-refractivity contribution in [2.24, 2.45) is 0 Å². The molecule has 0 aliphatic carbocycles. The molecule has 21 heavy (non-hydrogen) atoms.